The minimum absolute atomic E-state index is 0. The van der Waals surface area contributed by atoms with Crippen molar-refractivity contribution in [3.63, 3.8) is 0 Å². The molecule has 1 fully saturated rings. The molecule has 3 N–H and O–H groups in total. The van der Waals surface area contributed by atoms with Crippen molar-refractivity contribution in [3.05, 3.63) is 35.4 Å². The number of carbonyl (C=O) groups is 1. The van der Waals surface area contributed by atoms with Gasteiger partial charge in [0.05, 0.1) is 19.8 Å². The molecule has 1 unspecified atom stereocenters. The lowest BCUT2D eigenvalue weighted by Crippen LogP contribution is -2.52. The molecule has 0 bridgehead atoms. The van der Waals surface area contributed by atoms with E-state index < -0.39 is 0 Å². The number of halogens is 1. The van der Waals surface area contributed by atoms with E-state index >= 15 is 0 Å². The Labute approximate surface area is 198 Å². The second-order valence-electron chi connectivity index (χ2n) is 7.59. The molecular weight excluding hydrogens is 493 g/mol. The first kappa shape index (κ1) is 26.6. The predicted molar refractivity (Wildman–Crippen MR) is 134 cm³/mol. The third kappa shape index (κ3) is 8.77. The van der Waals surface area contributed by atoms with Crippen LogP contribution in [0.1, 0.15) is 43.6 Å². The Hall–Kier alpha value is -1.39. The van der Waals surface area contributed by atoms with Gasteiger partial charge in [0.1, 0.15) is 0 Å². The molecule has 1 saturated heterocycles. The molecule has 0 spiro atoms. The summed E-state index contributed by atoms with van der Waals surface area (Å²) < 4.78 is 5.49. The highest BCUT2D eigenvalue weighted by atomic mass is 127. The van der Waals surface area contributed by atoms with Gasteiger partial charge >= 0.3 is 0 Å². The van der Waals surface area contributed by atoms with E-state index in [1.54, 1.807) is 0 Å². The van der Waals surface area contributed by atoms with Crippen molar-refractivity contribution in [2.24, 2.45) is 10.9 Å². The van der Waals surface area contributed by atoms with Gasteiger partial charge in [-0.1, -0.05) is 26.0 Å². The van der Waals surface area contributed by atoms with Crippen LogP contribution in [-0.2, 0) is 11.3 Å². The van der Waals surface area contributed by atoms with Gasteiger partial charge in [0.25, 0.3) is 5.91 Å². The van der Waals surface area contributed by atoms with E-state index in [2.05, 4.69) is 41.6 Å². The topological polar surface area (TPSA) is 78.0 Å². The van der Waals surface area contributed by atoms with E-state index in [1.165, 1.54) is 0 Å². The number of rotatable bonds is 9. The molecule has 1 aromatic carbocycles. The highest BCUT2D eigenvalue weighted by molar-refractivity contribution is 14.0. The lowest BCUT2D eigenvalue weighted by Gasteiger charge is -2.37. The largest absolute Gasteiger partial charge is 0.379 e. The van der Waals surface area contributed by atoms with Crippen LogP contribution in [0.25, 0.3) is 0 Å². The van der Waals surface area contributed by atoms with Crippen molar-refractivity contribution in [2.45, 2.75) is 40.3 Å². The van der Waals surface area contributed by atoms with Crippen molar-refractivity contribution in [1.29, 1.82) is 0 Å². The quantitative estimate of drug-likeness (QED) is 0.259. The molecule has 0 saturated carbocycles. The summed E-state index contributed by atoms with van der Waals surface area (Å²) in [6.45, 7) is 15.0. The molecule has 2 rings (SSSR count). The number of morpholine rings is 1. The van der Waals surface area contributed by atoms with Crippen LogP contribution in [0.2, 0.25) is 0 Å². The molecule has 1 aromatic rings. The van der Waals surface area contributed by atoms with Crippen molar-refractivity contribution in [2.75, 3.05) is 45.9 Å². The summed E-state index contributed by atoms with van der Waals surface area (Å²) in [5, 5.41) is 9.65. The van der Waals surface area contributed by atoms with E-state index in [-0.39, 0.29) is 29.9 Å². The molecule has 1 amide bonds. The Kier molecular flexibility index (Phi) is 13.0. The number of nitrogens with zero attached hydrogens (tertiary/aromatic N) is 2. The fourth-order valence-electron chi connectivity index (χ4n) is 3.43. The van der Waals surface area contributed by atoms with Gasteiger partial charge in [-0.3, -0.25) is 9.69 Å². The number of hydrogen-bond donors (Lipinski definition) is 3. The van der Waals surface area contributed by atoms with Crippen LogP contribution in [0.4, 0.5) is 0 Å². The minimum atomic E-state index is -0.0413. The number of nitrogens with one attached hydrogen (secondary N) is 3. The third-order valence-electron chi connectivity index (χ3n) is 5.08. The van der Waals surface area contributed by atoms with Crippen LogP contribution in [-0.4, -0.2) is 68.7 Å². The Morgan fingerprint density at radius 2 is 1.70 bits per heavy atom. The zero-order valence-corrected chi connectivity index (χ0v) is 21.1. The Bertz CT molecular complexity index is 645. The molecule has 1 atom stereocenters. The third-order valence-corrected chi connectivity index (χ3v) is 5.08. The Morgan fingerprint density at radius 1 is 1.07 bits per heavy atom. The summed E-state index contributed by atoms with van der Waals surface area (Å²) >= 11 is 0. The van der Waals surface area contributed by atoms with Crippen LogP contribution in [0.15, 0.2) is 29.3 Å². The van der Waals surface area contributed by atoms with Crippen molar-refractivity contribution >= 4 is 35.8 Å². The van der Waals surface area contributed by atoms with Crippen LogP contribution < -0.4 is 16.0 Å². The lowest BCUT2D eigenvalue weighted by molar-refractivity contribution is 0.00752. The number of guanidine groups is 1. The maximum Gasteiger partial charge on any atom is 0.251 e. The highest BCUT2D eigenvalue weighted by Gasteiger charge is 2.23. The number of carbonyl (C=O) groups excluding carboxylic acids is 1. The van der Waals surface area contributed by atoms with E-state index in [0.29, 0.717) is 30.6 Å². The van der Waals surface area contributed by atoms with E-state index in [4.69, 9.17) is 9.73 Å². The molecule has 1 heterocycles. The number of hydrogen-bond acceptors (Lipinski definition) is 4. The number of benzene rings is 1. The fourth-order valence-corrected chi connectivity index (χ4v) is 3.43. The molecule has 8 heteroatoms. The Balaban J connectivity index is 0.00000450. The fraction of sp³-hybridized carbons (Fsp3) is 0.636. The first-order valence-corrected chi connectivity index (χ1v) is 10.8. The maximum absolute atomic E-state index is 11.9. The van der Waals surface area contributed by atoms with Gasteiger partial charge in [0.15, 0.2) is 5.96 Å². The monoisotopic (exact) mass is 531 g/mol. The molecule has 170 valence electrons. The lowest BCUT2D eigenvalue weighted by atomic mass is 10.0. The van der Waals surface area contributed by atoms with Gasteiger partial charge in [-0.2, -0.15) is 0 Å². The first-order valence-electron chi connectivity index (χ1n) is 10.8. The standard InChI is InChI=1S/C22H37N5O2.HI/c1-5-23-21(28)19-9-7-18(8-10-19)15-25-22(24-6-2)26-16-20(17(3)4)27-11-13-29-14-12-27;/h7-10,17,20H,5-6,11-16H2,1-4H3,(H,23,28)(H2,24,25,26);1H. The second kappa shape index (κ2) is 14.6. The van der Waals surface area contributed by atoms with Gasteiger partial charge in [-0.05, 0) is 37.5 Å². The summed E-state index contributed by atoms with van der Waals surface area (Å²) in [4.78, 5) is 19.1. The molecular formula is C22H38IN5O2. The zero-order chi connectivity index (χ0) is 21.1. The molecule has 0 radical (unpaired) electrons. The van der Waals surface area contributed by atoms with Crippen LogP contribution >= 0.6 is 24.0 Å². The normalized spacial score (nSPS) is 16.0. The van der Waals surface area contributed by atoms with E-state index in [9.17, 15) is 4.79 Å². The summed E-state index contributed by atoms with van der Waals surface area (Å²) in [5.74, 6) is 1.32. The number of ether oxygens (including phenoxy) is 1. The van der Waals surface area contributed by atoms with E-state index in [0.717, 1.165) is 50.9 Å². The summed E-state index contributed by atoms with van der Waals surface area (Å²) in [7, 11) is 0. The van der Waals surface area contributed by atoms with Gasteiger partial charge in [0, 0.05) is 44.3 Å². The SMILES string of the molecule is CCNC(=O)c1ccc(CN=C(NCC)NCC(C(C)C)N2CCOCC2)cc1.I. The number of amides is 1. The van der Waals surface area contributed by atoms with Gasteiger partial charge in [-0.15, -0.1) is 24.0 Å². The summed E-state index contributed by atoms with van der Waals surface area (Å²) in [6, 6.07) is 8.07. The molecule has 7 nitrogen and oxygen atoms in total. The smallest absolute Gasteiger partial charge is 0.251 e. The second-order valence-corrected chi connectivity index (χ2v) is 7.59. The van der Waals surface area contributed by atoms with Crippen LogP contribution in [0.3, 0.4) is 0 Å². The molecule has 0 aliphatic carbocycles. The van der Waals surface area contributed by atoms with Gasteiger partial charge in [0.2, 0.25) is 0 Å². The molecule has 1 aliphatic rings. The summed E-state index contributed by atoms with van der Waals surface area (Å²) in [5.41, 5.74) is 1.75. The van der Waals surface area contributed by atoms with Crippen molar-refractivity contribution < 1.29 is 9.53 Å². The summed E-state index contributed by atoms with van der Waals surface area (Å²) in [6.07, 6.45) is 0. The zero-order valence-electron chi connectivity index (χ0n) is 18.7. The van der Waals surface area contributed by atoms with Gasteiger partial charge in [-0.25, -0.2) is 4.99 Å². The molecule has 1 aliphatic heterocycles. The van der Waals surface area contributed by atoms with Crippen molar-refractivity contribution in [3.8, 4) is 0 Å². The van der Waals surface area contributed by atoms with Crippen LogP contribution in [0.5, 0.6) is 0 Å². The number of aliphatic imine (C=N–C) groups is 1. The van der Waals surface area contributed by atoms with Gasteiger partial charge < -0.3 is 20.7 Å². The molecule has 0 aromatic heterocycles. The molecule has 30 heavy (non-hydrogen) atoms. The minimum Gasteiger partial charge on any atom is -0.379 e. The Morgan fingerprint density at radius 3 is 2.27 bits per heavy atom. The average Bonchev–Trinajstić information content (AvgIpc) is 2.73. The van der Waals surface area contributed by atoms with Crippen molar-refractivity contribution in [1.82, 2.24) is 20.9 Å². The average molecular weight is 531 g/mol. The predicted octanol–water partition coefficient (Wildman–Crippen LogP) is 2.47. The van der Waals surface area contributed by atoms with E-state index in [1.807, 2.05) is 31.2 Å². The van der Waals surface area contributed by atoms with Crippen LogP contribution in [0, 0.1) is 5.92 Å². The highest BCUT2D eigenvalue weighted by Crippen LogP contribution is 2.12. The first-order chi connectivity index (χ1) is 14.0. The maximum atomic E-state index is 11.9.